The zero-order valence-electron chi connectivity index (χ0n) is 29.8. The molecular weight excluding hydrogens is 750 g/mol. The predicted octanol–water partition coefficient (Wildman–Crippen LogP) is 5.22. The highest BCUT2D eigenvalue weighted by molar-refractivity contribution is 7.92. The van der Waals surface area contributed by atoms with Gasteiger partial charge in [-0.25, -0.2) is 22.2 Å². The van der Waals surface area contributed by atoms with Crippen LogP contribution >= 0.6 is 0 Å². The maximum absolute atomic E-state index is 14.5. The number of nitrogens with zero attached hydrogens (tertiary/aromatic N) is 5. The Kier molecular flexibility index (Phi) is 9.36. The van der Waals surface area contributed by atoms with Crippen LogP contribution in [0.2, 0.25) is 0 Å². The van der Waals surface area contributed by atoms with Crippen molar-refractivity contribution in [1.82, 2.24) is 29.9 Å². The van der Waals surface area contributed by atoms with Crippen molar-refractivity contribution in [3.63, 3.8) is 0 Å². The number of anilines is 1. The molecule has 0 radical (unpaired) electrons. The first-order chi connectivity index (χ1) is 25.7. The van der Waals surface area contributed by atoms with Gasteiger partial charge in [-0.3, -0.25) is 18.9 Å². The summed E-state index contributed by atoms with van der Waals surface area (Å²) in [5, 5.41) is 21.7. The van der Waals surface area contributed by atoms with Crippen LogP contribution in [-0.4, -0.2) is 62.4 Å². The maximum Gasteiger partial charge on any atom is 0.438 e. The number of halogens is 5. The van der Waals surface area contributed by atoms with Crippen LogP contribution in [0, 0.1) is 29.4 Å². The monoisotopic (exact) mass is 783 g/mol. The lowest BCUT2D eigenvalue weighted by atomic mass is 9.93. The molecule has 4 heterocycles. The van der Waals surface area contributed by atoms with Crippen LogP contribution in [0.3, 0.4) is 0 Å². The molecule has 3 unspecified atom stereocenters. The molecule has 1 aliphatic carbocycles. The van der Waals surface area contributed by atoms with Gasteiger partial charge in [0.05, 0.1) is 35.8 Å². The number of aromatic nitrogens is 5. The molecule has 5 aromatic rings. The van der Waals surface area contributed by atoms with E-state index in [0.717, 1.165) is 23.1 Å². The lowest BCUT2D eigenvalue weighted by molar-refractivity contribution is -0.143. The molecule has 3 atom stereocenters. The van der Waals surface area contributed by atoms with Crippen molar-refractivity contribution in [3.8, 4) is 28.7 Å². The first kappa shape index (κ1) is 37.8. The third-order valence-electron chi connectivity index (χ3n) is 9.11. The molecule has 1 amide bonds. The number of sulfonamides is 1. The summed E-state index contributed by atoms with van der Waals surface area (Å²) in [4.78, 5) is 18.7. The molecule has 288 valence electrons. The second kappa shape index (κ2) is 13.6. The molecule has 1 aliphatic heterocycles. The van der Waals surface area contributed by atoms with Gasteiger partial charge in [-0.15, -0.1) is 0 Å². The second-order valence-electron chi connectivity index (χ2n) is 14.2. The van der Waals surface area contributed by atoms with E-state index < -0.39 is 63.4 Å². The number of aryl methyl sites for hydroxylation is 1. The van der Waals surface area contributed by atoms with Crippen molar-refractivity contribution in [1.29, 1.82) is 0 Å². The third kappa shape index (κ3) is 8.13. The van der Waals surface area contributed by atoms with Crippen molar-refractivity contribution in [2.45, 2.75) is 57.0 Å². The van der Waals surface area contributed by atoms with Gasteiger partial charge in [0.1, 0.15) is 29.5 Å². The van der Waals surface area contributed by atoms with E-state index in [9.17, 15) is 40.3 Å². The van der Waals surface area contributed by atoms with Crippen molar-refractivity contribution >= 4 is 32.7 Å². The molecule has 3 N–H and O–H groups in total. The molecular formula is C37H34F5N7O5S. The molecule has 3 aromatic heterocycles. The summed E-state index contributed by atoms with van der Waals surface area (Å²) in [5.41, 5.74) is -0.778. The number of carbonyl (C=O) groups excluding carboxylic acids is 1. The van der Waals surface area contributed by atoms with Crippen molar-refractivity contribution in [2.24, 2.45) is 13.0 Å². The number of alkyl halides is 3. The molecule has 0 saturated heterocycles. The number of rotatable bonds is 9. The quantitative estimate of drug-likeness (QED) is 0.136. The zero-order valence-corrected chi connectivity index (χ0v) is 30.6. The van der Waals surface area contributed by atoms with Crippen molar-refractivity contribution < 1.29 is 45.0 Å². The number of nitrogens with one attached hydrogen (secondary N) is 2. The highest BCUT2D eigenvalue weighted by Crippen LogP contribution is 2.56. The fraction of sp³-hybridized carbons (Fsp3) is 0.351. The molecule has 18 heteroatoms. The van der Waals surface area contributed by atoms with Crippen LogP contribution in [0.15, 0.2) is 48.5 Å². The van der Waals surface area contributed by atoms with Crippen LogP contribution in [0.5, 0.6) is 5.75 Å². The molecule has 2 aliphatic rings. The van der Waals surface area contributed by atoms with E-state index in [1.165, 1.54) is 18.5 Å². The number of para-hydroxylation sites is 1. The summed E-state index contributed by atoms with van der Waals surface area (Å²) >= 11 is 0. The number of pyridine rings is 1. The normalized spacial score (nSPS) is 17.1. The van der Waals surface area contributed by atoms with E-state index in [1.54, 1.807) is 37.4 Å². The van der Waals surface area contributed by atoms with Gasteiger partial charge in [-0.1, -0.05) is 18.1 Å². The maximum atomic E-state index is 14.5. The molecule has 55 heavy (non-hydrogen) atoms. The standard InChI is InChI=1S/C37H34F5N7O5S/c1-36(2,51)11-10-23-8-9-24(25-6-5-7-26-31(25)48(3)46-35(26)47-55(4,52)53)30(43-23)28(14-19-12-21(38)16-22(39)13-19)44-29(50)17-49-32-27-15-20(27)18-54-33(32)34(45-49)37(40,41)42/h5-9,12-13,16,20,27-28,51H,14-15,17-18H2,1-4H3,(H,44,50)(H,46,47). The SMILES string of the molecule is Cn1nc(NS(C)(=O)=O)c2cccc(-c3ccc(C#CC(C)(C)O)nc3C(Cc3cc(F)cc(F)c3)NC(=O)Cn3nc(C(F)(F)F)c4c3C3CC3CO4)c21. The Morgan fingerprint density at radius 2 is 1.82 bits per heavy atom. The van der Waals surface area contributed by atoms with Gasteiger partial charge >= 0.3 is 6.18 Å². The van der Waals surface area contributed by atoms with E-state index in [-0.39, 0.29) is 53.3 Å². The van der Waals surface area contributed by atoms with Crippen LogP contribution in [0.25, 0.3) is 22.0 Å². The summed E-state index contributed by atoms with van der Waals surface area (Å²) in [5.74, 6) is 2.32. The summed E-state index contributed by atoms with van der Waals surface area (Å²) in [6.45, 7) is 2.40. The Labute approximate surface area is 311 Å². The summed E-state index contributed by atoms with van der Waals surface area (Å²) in [6, 6.07) is 9.86. The minimum absolute atomic E-state index is 0.00471. The van der Waals surface area contributed by atoms with Crippen LogP contribution in [0.4, 0.5) is 27.8 Å². The van der Waals surface area contributed by atoms with Gasteiger partial charge in [0.25, 0.3) is 0 Å². The second-order valence-corrected chi connectivity index (χ2v) is 16.0. The fourth-order valence-corrected chi connectivity index (χ4v) is 7.34. The molecule has 12 nitrogen and oxygen atoms in total. The zero-order chi connectivity index (χ0) is 39.6. The summed E-state index contributed by atoms with van der Waals surface area (Å²) < 4.78 is 106. The first-order valence-corrected chi connectivity index (χ1v) is 18.9. The minimum Gasteiger partial charge on any atom is -0.489 e. The number of carbonyl (C=O) groups is 1. The average molecular weight is 784 g/mol. The van der Waals surface area contributed by atoms with Gasteiger partial charge in [0.2, 0.25) is 21.6 Å². The Morgan fingerprint density at radius 3 is 2.49 bits per heavy atom. The van der Waals surface area contributed by atoms with E-state index in [4.69, 9.17) is 9.72 Å². The third-order valence-corrected chi connectivity index (χ3v) is 9.67. The number of ether oxygens (including phenoxy) is 1. The van der Waals surface area contributed by atoms with E-state index in [2.05, 4.69) is 32.1 Å². The highest BCUT2D eigenvalue weighted by Gasteiger charge is 2.51. The largest absolute Gasteiger partial charge is 0.489 e. The number of hydrogen-bond donors (Lipinski definition) is 3. The Bertz CT molecular complexity index is 2510. The average Bonchev–Trinajstić information content (AvgIpc) is 3.67. The molecule has 0 bridgehead atoms. The Morgan fingerprint density at radius 1 is 1.09 bits per heavy atom. The summed E-state index contributed by atoms with van der Waals surface area (Å²) in [7, 11) is -2.14. The number of aliphatic hydroxyl groups is 1. The molecule has 7 rings (SSSR count). The number of benzene rings is 2. The molecule has 1 fully saturated rings. The lowest BCUT2D eigenvalue weighted by Gasteiger charge is -2.23. The molecule has 1 saturated carbocycles. The van der Waals surface area contributed by atoms with E-state index in [0.29, 0.717) is 34.5 Å². The Hall–Kier alpha value is -5.54. The van der Waals surface area contributed by atoms with Crippen LogP contribution in [0.1, 0.15) is 60.6 Å². The summed E-state index contributed by atoms with van der Waals surface area (Å²) in [6.07, 6.45) is -3.53. The topological polar surface area (TPSA) is 153 Å². The highest BCUT2D eigenvalue weighted by atomic mass is 32.2. The number of fused-ring (bicyclic) bond motifs is 4. The van der Waals surface area contributed by atoms with Crippen LogP contribution < -0.4 is 14.8 Å². The van der Waals surface area contributed by atoms with E-state index >= 15 is 0 Å². The van der Waals surface area contributed by atoms with Gasteiger partial charge in [-0.05, 0) is 68.5 Å². The van der Waals surface area contributed by atoms with Crippen molar-refractivity contribution in [3.05, 3.63) is 88.5 Å². The predicted molar refractivity (Wildman–Crippen MR) is 190 cm³/mol. The first-order valence-electron chi connectivity index (χ1n) is 17.0. The van der Waals surface area contributed by atoms with Gasteiger partial charge < -0.3 is 15.2 Å². The van der Waals surface area contributed by atoms with Gasteiger partial charge in [0.15, 0.2) is 11.6 Å². The molecule has 2 aromatic carbocycles. The van der Waals surface area contributed by atoms with Gasteiger partial charge in [-0.2, -0.15) is 23.4 Å². The van der Waals surface area contributed by atoms with Gasteiger partial charge in [0, 0.05) is 41.5 Å². The Balaban J connectivity index is 1.37. The number of amides is 1. The van der Waals surface area contributed by atoms with Crippen LogP contribution in [-0.2, 0) is 41.0 Å². The van der Waals surface area contributed by atoms with Crippen molar-refractivity contribution in [2.75, 3.05) is 17.6 Å². The van der Waals surface area contributed by atoms with E-state index in [1.807, 2.05) is 0 Å². The minimum atomic E-state index is -4.84. The smallest absolute Gasteiger partial charge is 0.438 e. The molecule has 0 spiro atoms. The number of hydrogen-bond acceptors (Lipinski definition) is 8. The lowest BCUT2D eigenvalue weighted by Crippen LogP contribution is -2.34. The fourth-order valence-electron chi connectivity index (χ4n) is 6.84.